The predicted molar refractivity (Wildman–Crippen MR) is 59.4 cm³/mol. The Morgan fingerprint density at radius 1 is 1.64 bits per heavy atom. The normalized spacial score (nSPS) is 21.6. The molecule has 14 heavy (non-hydrogen) atoms. The lowest BCUT2D eigenvalue weighted by Gasteiger charge is -2.14. The van der Waals surface area contributed by atoms with Crippen molar-refractivity contribution in [2.24, 2.45) is 0 Å². The minimum absolute atomic E-state index is 0.183. The number of unbranched alkanes of at least 4 members (excludes halogenated alkanes) is 1. The van der Waals surface area contributed by atoms with Crippen LogP contribution in [0.15, 0.2) is 0 Å². The lowest BCUT2D eigenvalue weighted by atomic mass is 10.3. The van der Waals surface area contributed by atoms with Gasteiger partial charge in [0, 0.05) is 13.1 Å². The first kappa shape index (κ1) is 11.9. The maximum Gasteiger partial charge on any atom is 0.232 e. The van der Waals surface area contributed by atoms with Gasteiger partial charge in [0.15, 0.2) is 0 Å². The number of nitrogens with zero attached hydrogens (tertiary/aromatic N) is 1. The second kappa shape index (κ2) is 6.30. The van der Waals surface area contributed by atoms with Crippen LogP contribution < -0.4 is 0 Å². The first-order valence-corrected chi connectivity index (χ1v) is 6.43. The van der Waals surface area contributed by atoms with Crippen molar-refractivity contribution >= 4 is 17.7 Å². The van der Waals surface area contributed by atoms with Crippen LogP contribution in [0, 0.1) is 0 Å². The fourth-order valence-electron chi connectivity index (χ4n) is 1.47. The smallest absolute Gasteiger partial charge is 0.232 e. The van der Waals surface area contributed by atoms with Crippen LogP contribution in [0.3, 0.4) is 0 Å². The average molecular weight is 217 g/mol. The van der Waals surface area contributed by atoms with E-state index in [4.69, 9.17) is 0 Å². The molecule has 1 fully saturated rings. The number of hydrogen-bond acceptors (Lipinski definition) is 3. The molecule has 0 aromatic carbocycles. The Kier molecular flexibility index (Phi) is 5.33. The molecule has 82 valence electrons. The fraction of sp³-hybridized carbons (Fsp3) is 0.900. The molecule has 1 N–H and O–H groups in total. The number of hydrogen-bond donors (Lipinski definition) is 1. The number of carbonyl (C=O) groups is 1. The van der Waals surface area contributed by atoms with Gasteiger partial charge in [-0.2, -0.15) is 11.8 Å². The van der Waals surface area contributed by atoms with Crippen LogP contribution in [0.1, 0.15) is 26.2 Å². The zero-order valence-electron chi connectivity index (χ0n) is 8.74. The molecule has 4 heteroatoms. The second-order valence-corrected chi connectivity index (χ2v) is 4.79. The predicted octanol–water partition coefficient (Wildman–Crippen LogP) is 1.11. The molecule has 1 saturated heterocycles. The van der Waals surface area contributed by atoms with Crippen molar-refractivity contribution in [2.75, 3.05) is 24.6 Å². The van der Waals surface area contributed by atoms with Crippen LogP contribution in [0.25, 0.3) is 0 Å². The zero-order valence-corrected chi connectivity index (χ0v) is 9.55. The van der Waals surface area contributed by atoms with Gasteiger partial charge in [-0.25, -0.2) is 0 Å². The Hall–Kier alpha value is -0.220. The molecule has 0 aromatic heterocycles. The molecule has 1 amide bonds. The number of aliphatic hydroxyl groups excluding tert-OH is 1. The molecule has 0 aromatic rings. The third kappa shape index (κ3) is 3.88. The van der Waals surface area contributed by atoms with Crippen LogP contribution in [0.5, 0.6) is 0 Å². The van der Waals surface area contributed by atoms with E-state index in [1.54, 1.807) is 16.7 Å². The standard InChI is InChI=1S/C10H19NO2S/c1-2-3-6-14-8-10(13)11-5-4-9(12)7-11/h9,12H,2-8H2,1H3/t9-/m1/s1. The van der Waals surface area contributed by atoms with Crippen molar-refractivity contribution in [3.63, 3.8) is 0 Å². The molecule has 1 rings (SSSR count). The van der Waals surface area contributed by atoms with Gasteiger partial charge in [0.2, 0.25) is 5.91 Å². The van der Waals surface area contributed by atoms with E-state index in [0.29, 0.717) is 12.3 Å². The molecule has 3 nitrogen and oxygen atoms in total. The Bertz CT molecular complexity index is 187. The number of aliphatic hydroxyl groups is 1. The fourth-order valence-corrected chi connectivity index (χ4v) is 2.46. The summed E-state index contributed by atoms with van der Waals surface area (Å²) in [6.45, 7) is 3.42. The summed E-state index contributed by atoms with van der Waals surface area (Å²) in [4.78, 5) is 13.3. The number of rotatable bonds is 5. The lowest BCUT2D eigenvalue weighted by Crippen LogP contribution is -2.31. The Morgan fingerprint density at radius 3 is 3.00 bits per heavy atom. The van der Waals surface area contributed by atoms with Gasteiger partial charge in [-0.05, 0) is 18.6 Å². The van der Waals surface area contributed by atoms with E-state index in [0.717, 1.165) is 18.7 Å². The summed E-state index contributed by atoms with van der Waals surface area (Å²) in [5.41, 5.74) is 0. The van der Waals surface area contributed by atoms with Crippen LogP contribution in [-0.4, -0.2) is 46.6 Å². The van der Waals surface area contributed by atoms with Crippen molar-refractivity contribution in [3.05, 3.63) is 0 Å². The largest absolute Gasteiger partial charge is 0.391 e. The highest BCUT2D eigenvalue weighted by molar-refractivity contribution is 7.99. The topological polar surface area (TPSA) is 40.5 Å². The maximum atomic E-state index is 11.5. The summed E-state index contributed by atoms with van der Waals surface area (Å²) >= 11 is 1.70. The molecule has 1 aliphatic heterocycles. The van der Waals surface area contributed by atoms with E-state index < -0.39 is 0 Å². The number of likely N-dealkylation sites (tertiary alicyclic amines) is 1. The second-order valence-electron chi connectivity index (χ2n) is 3.69. The minimum Gasteiger partial charge on any atom is -0.391 e. The molecule has 0 saturated carbocycles. The van der Waals surface area contributed by atoms with E-state index in [2.05, 4.69) is 6.92 Å². The molecule has 0 unspecified atom stereocenters. The van der Waals surface area contributed by atoms with Crippen LogP contribution >= 0.6 is 11.8 Å². The van der Waals surface area contributed by atoms with Crippen LogP contribution in [0.2, 0.25) is 0 Å². The average Bonchev–Trinajstić information content (AvgIpc) is 2.59. The number of β-amino-alcohol motifs (C(OH)–C–C–N with tert-alkyl or cyclic N) is 1. The molecular weight excluding hydrogens is 198 g/mol. The van der Waals surface area contributed by atoms with Crippen molar-refractivity contribution in [3.8, 4) is 0 Å². The highest BCUT2D eigenvalue weighted by Gasteiger charge is 2.23. The SMILES string of the molecule is CCCCSCC(=O)N1CC[C@@H](O)C1. The zero-order chi connectivity index (χ0) is 10.4. The van der Waals surface area contributed by atoms with E-state index in [1.807, 2.05) is 0 Å². The van der Waals surface area contributed by atoms with Gasteiger partial charge in [0.1, 0.15) is 0 Å². The molecule has 1 heterocycles. The number of carbonyl (C=O) groups excluding carboxylic acids is 1. The monoisotopic (exact) mass is 217 g/mol. The molecule has 1 atom stereocenters. The maximum absolute atomic E-state index is 11.5. The van der Waals surface area contributed by atoms with Gasteiger partial charge in [-0.15, -0.1) is 0 Å². The summed E-state index contributed by atoms with van der Waals surface area (Å²) in [5.74, 6) is 1.83. The molecule has 0 aliphatic carbocycles. The van der Waals surface area contributed by atoms with Gasteiger partial charge < -0.3 is 10.0 Å². The summed E-state index contributed by atoms with van der Waals surface area (Å²) in [5, 5.41) is 9.26. The van der Waals surface area contributed by atoms with Gasteiger partial charge in [-0.1, -0.05) is 13.3 Å². The first-order chi connectivity index (χ1) is 6.74. The first-order valence-electron chi connectivity index (χ1n) is 5.27. The van der Waals surface area contributed by atoms with Crippen molar-refractivity contribution in [1.82, 2.24) is 4.90 Å². The van der Waals surface area contributed by atoms with Gasteiger partial charge >= 0.3 is 0 Å². The molecule has 0 spiro atoms. The highest BCUT2D eigenvalue weighted by Crippen LogP contribution is 2.12. The Morgan fingerprint density at radius 2 is 2.43 bits per heavy atom. The summed E-state index contributed by atoms with van der Waals surface area (Å²) in [6, 6.07) is 0. The number of amides is 1. The highest BCUT2D eigenvalue weighted by atomic mass is 32.2. The van der Waals surface area contributed by atoms with Crippen molar-refractivity contribution in [1.29, 1.82) is 0 Å². The van der Waals surface area contributed by atoms with Gasteiger partial charge in [-0.3, -0.25) is 4.79 Å². The van der Waals surface area contributed by atoms with Gasteiger partial charge in [0.25, 0.3) is 0 Å². The van der Waals surface area contributed by atoms with E-state index in [1.165, 1.54) is 12.8 Å². The third-order valence-corrected chi connectivity index (χ3v) is 3.41. The quantitative estimate of drug-likeness (QED) is 0.701. The van der Waals surface area contributed by atoms with E-state index >= 15 is 0 Å². The van der Waals surface area contributed by atoms with Gasteiger partial charge in [0.05, 0.1) is 11.9 Å². The number of thioether (sulfide) groups is 1. The van der Waals surface area contributed by atoms with Crippen LogP contribution in [-0.2, 0) is 4.79 Å². The minimum atomic E-state index is -0.292. The molecular formula is C10H19NO2S. The van der Waals surface area contributed by atoms with Crippen molar-refractivity contribution in [2.45, 2.75) is 32.3 Å². The molecule has 0 bridgehead atoms. The Balaban J connectivity index is 2.09. The summed E-state index contributed by atoms with van der Waals surface area (Å²) in [7, 11) is 0. The summed E-state index contributed by atoms with van der Waals surface area (Å²) < 4.78 is 0. The molecule has 0 radical (unpaired) electrons. The third-order valence-electron chi connectivity index (χ3n) is 2.38. The lowest BCUT2D eigenvalue weighted by molar-refractivity contribution is -0.127. The van der Waals surface area contributed by atoms with E-state index in [-0.39, 0.29) is 12.0 Å². The van der Waals surface area contributed by atoms with E-state index in [9.17, 15) is 9.90 Å². The Labute approximate surface area is 89.9 Å². The molecule has 1 aliphatic rings. The van der Waals surface area contributed by atoms with Crippen LogP contribution in [0.4, 0.5) is 0 Å². The summed E-state index contributed by atoms with van der Waals surface area (Å²) in [6.07, 6.45) is 2.81. The van der Waals surface area contributed by atoms with Crippen molar-refractivity contribution < 1.29 is 9.90 Å².